The molecule has 0 aromatic carbocycles. The monoisotopic (exact) mass is 430 g/mol. The average Bonchev–Trinajstić information content (AvgIpc) is 2.65. The third-order valence-electron chi connectivity index (χ3n) is 4.29. The van der Waals surface area contributed by atoms with Gasteiger partial charge in [-0.25, -0.2) is 4.79 Å². The first-order chi connectivity index (χ1) is 13.9. The fraction of sp³-hybridized carbons (Fsp3) is 0.647. The predicted octanol–water partition coefficient (Wildman–Crippen LogP) is -3.33. The van der Waals surface area contributed by atoms with Crippen LogP contribution in [0.1, 0.15) is 39.5 Å². The molecule has 170 valence electrons. The van der Waals surface area contributed by atoms with Crippen LogP contribution in [0.5, 0.6) is 0 Å². The first kappa shape index (κ1) is 26.8. The van der Waals surface area contributed by atoms with Crippen LogP contribution >= 0.6 is 0 Å². The minimum Gasteiger partial charge on any atom is -0.480 e. The molecule has 10 N–H and O–H groups in total. The number of rotatable bonds is 14. The van der Waals surface area contributed by atoms with Gasteiger partial charge in [0, 0.05) is 6.42 Å². The number of amides is 5. The fourth-order valence-corrected chi connectivity index (χ4v) is 2.34. The van der Waals surface area contributed by atoms with Gasteiger partial charge in [-0.15, -0.1) is 0 Å². The zero-order valence-electron chi connectivity index (χ0n) is 17.0. The minimum atomic E-state index is -1.36. The highest BCUT2D eigenvalue weighted by Crippen LogP contribution is 2.08. The van der Waals surface area contributed by atoms with Crippen molar-refractivity contribution in [1.82, 2.24) is 16.0 Å². The van der Waals surface area contributed by atoms with Gasteiger partial charge in [0.1, 0.15) is 12.1 Å². The lowest BCUT2D eigenvalue weighted by Crippen LogP contribution is -2.56. The summed E-state index contributed by atoms with van der Waals surface area (Å²) in [7, 11) is 0. The fourth-order valence-electron chi connectivity index (χ4n) is 2.34. The van der Waals surface area contributed by atoms with Crippen LogP contribution in [-0.4, -0.2) is 65.3 Å². The minimum absolute atomic E-state index is 0.201. The number of nitrogens with one attached hydrogen (secondary N) is 3. The van der Waals surface area contributed by atoms with Crippen molar-refractivity contribution in [1.29, 1.82) is 0 Å². The summed E-state index contributed by atoms with van der Waals surface area (Å²) in [5.41, 5.74) is 15.5. The van der Waals surface area contributed by atoms with E-state index in [1.54, 1.807) is 13.8 Å². The van der Waals surface area contributed by atoms with Gasteiger partial charge in [0.05, 0.1) is 19.0 Å². The van der Waals surface area contributed by atoms with Crippen LogP contribution in [0.2, 0.25) is 0 Å². The lowest BCUT2D eigenvalue weighted by Gasteiger charge is -2.25. The van der Waals surface area contributed by atoms with E-state index in [9.17, 15) is 28.8 Å². The van der Waals surface area contributed by atoms with Crippen LogP contribution in [0.3, 0.4) is 0 Å². The second-order valence-electron chi connectivity index (χ2n) is 6.83. The second kappa shape index (κ2) is 13.1. The van der Waals surface area contributed by atoms with Crippen molar-refractivity contribution >= 4 is 35.5 Å². The standard InChI is InChI=1S/C17H30N6O7/c1-3-8(2)14(23-15(27)9(18)6-12(20)25)16(28)21-7-13(26)22-10(17(29)30)4-5-11(19)24/h8-10,14H,3-7,18H2,1-2H3,(H2,19,24)(H2,20,25)(H,21,28)(H,22,26)(H,23,27)(H,29,30). The van der Waals surface area contributed by atoms with E-state index in [0.717, 1.165) is 0 Å². The van der Waals surface area contributed by atoms with Crippen LogP contribution in [0.25, 0.3) is 0 Å². The van der Waals surface area contributed by atoms with E-state index in [1.165, 1.54) is 0 Å². The van der Waals surface area contributed by atoms with Gasteiger partial charge in [0.15, 0.2) is 0 Å². The third kappa shape index (κ3) is 10.4. The Labute approximate surface area is 173 Å². The molecule has 13 nitrogen and oxygen atoms in total. The van der Waals surface area contributed by atoms with E-state index in [0.29, 0.717) is 6.42 Å². The van der Waals surface area contributed by atoms with Crippen LogP contribution in [0, 0.1) is 5.92 Å². The highest BCUT2D eigenvalue weighted by Gasteiger charge is 2.29. The molecule has 4 unspecified atom stereocenters. The normalized spacial score (nSPS) is 14.5. The SMILES string of the molecule is CCC(C)C(NC(=O)C(N)CC(N)=O)C(=O)NCC(=O)NC(CCC(N)=O)C(=O)O. The lowest BCUT2D eigenvalue weighted by atomic mass is 9.97. The number of primary amides is 2. The van der Waals surface area contributed by atoms with Gasteiger partial charge >= 0.3 is 5.97 Å². The van der Waals surface area contributed by atoms with Gasteiger partial charge < -0.3 is 38.3 Å². The van der Waals surface area contributed by atoms with Crippen LogP contribution in [-0.2, 0) is 28.8 Å². The van der Waals surface area contributed by atoms with Gasteiger partial charge in [0.25, 0.3) is 0 Å². The van der Waals surface area contributed by atoms with Gasteiger partial charge in [-0.3, -0.25) is 24.0 Å². The Morgan fingerprint density at radius 3 is 2.03 bits per heavy atom. The molecule has 0 saturated carbocycles. The quantitative estimate of drug-likeness (QED) is 0.147. The maximum atomic E-state index is 12.4. The number of carboxylic acid groups (broad SMARTS) is 1. The van der Waals surface area contributed by atoms with Crippen LogP contribution < -0.4 is 33.2 Å². The Bertz CT molecular complexity index is 669. The van der Waals surface area contributed by atoms with Crippen molar-refractivity contribution in [3.63, 3.8) is 0 Å². The van der Waals surface area contributed by atoms with E-state index in [2.05, 4.69) is 16.0 Å². The number of carbonyl (C=O) groups is 6. The van der Waals surface area contributed by atoms with Crippen LogP contribution in [0.15, 0.2) is 0 Å². The summed E-state index contributed by atoms with van der Waals surface area (Å²) in [6.07, 6.45) is -0.334. The molecule has 5 amide bonds. The molecule has 0 aliphatic heterocycles. The molecule has 0 saturated heterocycles. The molecule has 0 rings (SSSR count). The molecule has 0 radical (unpaired) electrons. The molecule has 0 heterocycles. The molecule has 0 spiro atoms. The van der Waals surface area contributed by atoms with E-state index in [-0.39, 0.29) is 18.8 Å². The summed E-state index contributed by atoms with van der Waals surface area (Å²) in [5, 5.41) is 16.0. The van der Waals surface area contributed by atoms with E-state index in [1.807, 2.05) is 0 Å². The van der Waals surface area contributed by atoms with Crippen molar-refractivity contribution in [2.45, 2.75) is 57.7 Å². The number of hydrogen-bond acceptors (Lipinski definition) is 7. The van der Waals surface area contributed by atoms with E-state index in [4.69, 9.17) is 22.3 Å². The highest BCUT2D eigenvalue weighted by molar-refractivity contribution is 5.94. The molecule has 0 aliphatic rings. The summed E-state index contributed by atoms with van der Waals surface area (Å²) in [6.45, 7) is 2.91. The van der Waals surface area contributed by atoms with Crippen molar-refractivity contribution in [2.75, 3.05) is 6.54 Å². The topological polar surface area (TPSA) is 237 Å². The number of hydrogen-bond donors (Lipinski definition) is 7. The number of aliphatic carboxylic acids is 1. The van der Waals surface area contributed by atoms with Gasteiger partial charge in [0.2, 0.25) is 29.5 Å². The Morgan fingerprint density at radius 1 is 0.967 bits per heavy atom. The molecule has 0 fully saturated rings. The molecule has 0 bridgehead atoms. The first-order valence-electron chi connectivity index (χ1n) is 9.31. The van der Waals surface area contributed by atoms with E-state index < -0.39 is 66.6 Å². The Kier molecular flexibility index (Phi) is 11.7. The number of nitrogens with two attached hydrogens (primary N) is 3. The summed E-state index contributed by atoms with van der Waals surface area (Å²) >= 11 is 0. The Balaban J connectivity index is 4.89. The van der Waals surface area contributed by atoms with Crippen LogP contribution in [0.4, 0.5) is 0 Å². The maximum Gasteiger partial charge on any atom is 0.326 e. The largest absolute Gasteiger partial charge is 0.480 e. The van der Waals surface area contributed by atoms with Crippen molar-refractivity contribution in [3.8, 4) is 0 Å². The maximum absolute atomic E-state index is 12.4. The highest BCUT2D eigenvalue weighted by atomic mass is 16.4. The molecular formula is C17H30N6O7. The third-order valence-corrected chi connectivity index (χ3v) is 4.29. The average molecular weight is 430 g/mol. The molecule has 0 aliphatic carbocycles. The first-order valence-corrected chi connectivity index (χ1v) is 9.31. The van der Waals surface area contributed by atoms with Gasteiger partial charge in [-0.2, -0.15) is 0 Å². The van der Waals surface area contributed by atoms with E-state index >= 15 is 0 Å². The summed E-state index contributed by atoms with van der Waals surface area (Å²) in [5.74, 6) is -5.43. The molecular weight excluding hydrogens is 400 g/mol. The molecule has 0 aromatic rings. The molecule has 13 heteroatoms. The Hall–Kier alpha value is -3.22. The zero-order chi connectivity index (χ0) is 23.4. The summed E-state index contributed by atoms with van der Waals surface area (Å²) < 4.78 is 0. The second-order valence-corrected chi connectivity index (χ2v) is 6.83. The summed E-state index contributed by atoms with van der Waals surface area (Å²) in [6, 6.07) is -3.62. The molecule has 4 atom stereocenters. The predicted molar refractivity (Wildman–Crippen MR) is 104 cm³/mol. The molecule has 30 heavy (non-hydrogen) atoms. The van der Waals surface area contributed by atoms with Gasteiger partial charge in [-0.05, 0) is 12.3 Å². The Morgan fingerprint density at radius 2 is 1.57 bits per heavy atom. The smallest absolute Gasteiger partial charge is 0.326 e. The number of carbonyl (C=O) groups excluding carboxylic acids is 5. The van der Waals surface area contributed by atoms with Crippen molar-refractivity contribution < 1.29 is 33.9 Å². The van der Waals surface area contributed by atoms with Crippen molar-refractivity contribution in [2.24, 2.45) is 23.1 Å². The van der Waals surface area contributed by atoms with Gasteiger partial charge in [-0.1, -0.05) is 20.3 Å². The summed E-state index contributed by atoms with van der Waals surface area (Å²) in [4.78, 5) is 69.3. The lowest BCUT2D eigenvalue weighted by molar-refractivity contribution is -0.142. The number of carboxylic acids is 1. The zero-order valence-corrected chi connectivity index (χ0v) is 17.0. The molecule has 0 aromatic heterocycles. The van der Waals surface area contributed by atoms with Crippen molar-refractivity contribution in [3.05, 3.63) is 0 Å².